The molecule has 2 N–H and O–H groups in total. The van der Waals surface area contributed by atoms with Gasteiger partial charge in [0.05, 0.1) is 12.6 Å². The van der Waals surface area contributed by atoms with Crippen LogP contribution in [0.25, 0.3) is 0 Å². The van der Waals surface area contributed by atoms with Crippen molar-refractivity contribution in [3.05, 3.63) is 23.7 Å². The van der Waals surface area contributed by atoms with Crippen molar-refractivity contribution < 1.29 is 9.52 Å². The minimum Gasteiger partial charge on any atom is -0.464 e. The van der Waals surface area contributed by atoms with E-state index in [1.807, 2.05) is 19.2 Å². The number of aliphatic hydroxyl groups is 1. The summed E-state index contributed by atoms with van der Waals surface area (Å²) in [4.78, 5) is 0. The van der Waals surface area contributed by atoms with Gasteiger partial charge in [-0.2, -0.15) is 0 Å². The number of likely N-dealkylation sites (N-methyl/N-ethyl adjacent to an activating group) is 1. The van der Waals surface area contributed by atoms with Crippen molar-refractivity contribution in [1.29, 1.82) is 0 Å². The van der Waals surface area contributed by atoms with E-state index in [1.165, 1.54) is 0 Å². The number of furan rings is 1. The molecule has 0 aliphatic heterocycles. The summed E-state index contributed by atoms with van der Waals surface area (Å²) in [6.45, 7) is 2.18. The van der Waals surface area contributed by atoms with E-state index in [-0.39, 0.29) is 12.6 Å². The van der Waals surface area contributed by atoms with Gasteiger partial charge in [0.2, 0.25) is 0 Å². The minimum atomic E-state index is -0.0781. The minimum absolute atomic E-state index is 0.0651. The van der Waals surface area contributed by atoms with Gasteiger partial charge >= 0.3 is 0 Å². The van der Waals surface area contributed by atoms with E-state index in [2.05, 4.69) is 12.2 Å². The first-order valence-corrected chi connectivity index (χ1v) is 4.68. The third kappa shape index (κ3) is 2.57. The molecule has 0 aliphatic rings. The highest BCUT2D eigenvalue weighted by Crippen LogP contribution is 2.16. The number of hydrogen-bond acceptors (Lipinski definition) is 3. The van der Waals surface area contributed by atoms with Crippen LogP contribution >= 0.6 is 0 Å². The van der Waals surface area contributed by atoms with Crippen LogP contribution in [0, 0.1) is 0 Å². The van der Waals surface area contributed by atoms with Crippen LogP contribution in [-0.4, -0.2) is 18.8 Å². The summed E-state index contributed by atoms with van der Waals surface area (Å²) in [5, 5.41) is 12.0. The third-order valence-electron chi connectivity index (χ3n) is 2.05. The summed E-state index contributed by atoms with van der Waals surface area (Å²) in [7, 11) is 1.81. The summed E-state index contributed by atoms with van der Waals surface area (Å²) in [6, 6.07) is 3.81. The van der Waals surface area contributed by atoms with Crippen molar-refractivity contribution in [3.8, 4) is 0 Å². The molecular formula is C10H17NO2. The molecule has 1 rings (SSSR count). The summed E-state index contributed by atoms with van der Waals surface area (Å²) in [6.07, 6.45) is 2.04. The van der Waals surface area contributed by atoms with Gasteiger partial charge in [-0.25, -0.2) is 0 Å². The standard InChI is InChI=1S/C10H17NO2/c1-3-4-8-5-6-10(13-8)9(7-12)11-2/h5-6,9,11-12H,3-4,7H2,1-2H3/t9-/m1/s1. The summed E-state index contributed by atoms with van der Waals surface area (Å²) in [5.74, 6) is 1.81. The molecule has 0 bridgehead atoms. The van der Waals surface area contributed by atoms with Gasteiger partial charge in [-0.05, 0) is 25.6 Å². The lowest BCUT2D eigenvalue weighted by Crippen LogP contribution is -2.19. The SMILES string of the molecule is CCCc1ccc([C@@H](CO)NC)o1. The van der Waals surface area contributed by atoms with E-state index < -0.39 is 0 Å². The van der Waals surface area contributed by atoms with E-state index in [9.17, 15) is 0 Å². The molecule has 3 heteroatoms. The van der Waals surface area contributed by atoms with Gasteiger partial charge in [-0.1, -0.05) is 6.92 Å². The molecule has 74 valence electrons. The maximum absolute atomic E-state index is 9.00. The van der Waals surface area contributed by atoms with Crippen molar-refractivity contribution in [1.82, 2.24) is 5.32 Å². The molecule has 0 radical (unpaired) electrons. The van der Waals surface area contributed by atoms with E-state index >= 15 is 0 Å². The van der Waals surface area contributed by atoms with Crippen LogP contribution in [0.5, 0.6) is 0 Å². The molecule has 3 nitrogen and oxygen atoms in total. The Bertz CT molecular complexity index is 241. The zero-order valence-electron chi connectivity index (χ0n) is 8.21. The Morgan fingerprint density at radius 1 is 1.54 bits per heavy atom. The van der Waals surface area contributed by atoms with Crippen LogP contribution in [0.2, 0.25) is 0 Å². The molecule has 1 aromatic rings. The van der Waals surface area contributed by atoms with Gasteiger partial charge in [-0.15, -0.1) is 0 Å². The lowest BCUT2D eigenvalue weighted by molar-refractivity contribution is 0.231. The Morgan fingerprint density at radius 3 is 2.85 bits per heavy atom. The molecule has 1 aromatic heterocycles. The first kappa shape index (κ1) is 10.3. The molecule has 0 saturated carbocycles. The number of rotatable bonds is 5. The lowest BCUT2D eigenvalue weighted by atomic mass is 10.2. The van der Waals surface area contributed by atoms with Crippen LogP contribution in [0.4, 0.5) is 0 Å². The molecule has 1 heterocycles. The van der Waals surface area contributed by atoms with Crippen molar-refractivity contribution in [2.45, 2.75) is 25.8 Å². The first-order valence-electron chi connectivity index (χ1n) is 4.68. The van der Waals surface area contributed by atoms with Gasteiger partial charge in [-0.3, -0.25) is 0 Å². The Labute approximate surface area is 78.8 Å². The molecule has 13 heavy (non-hydrogen) atoms. The van der Waals surface area contributed by atoms with Crippen molar-refractivity contribution in [2.75, 3.05) is 13.7 Å². The number of hydrogen-bond donors (Lipinski definition) is 2. The van der Waals surface area contributed by atoms with Crippen molar-refractivity contribution in [3.63, 3.8) is 0 Å². The molecule has 1 atom stereocenters. The fraction of sp³-hybridized carbons (Fsp3) is 0.600. The molecule has 0 aliphatic carbocycles. The van der Waals surface area contributed by atoms with E-state index in [0.717, 1.165) is 24.4 Å². The summed E-state index contributed by atoms with van der Waals surface area (Å²) < 4.78 is 5.55. The predicted octanol–water partition coefficient (Wildman–Crippen LogP) is 1.48. The predicted molar refractivity (Wildman–Crippen MR) is 51.6 cm³/mol. The quantitative estimate of drug-likeness (QED) is 0.727. The molecule has 0 spiro atoms. The highest BCUT2D eigenvalue weighted by atomic mass is 16.3. The smallest absolute Gasteiger partial charge is 0.123 e. The Hall–Kier alpha value is -0.800. The van der Waals surface area contributed by atoms with Gasteiger partial charge in [0.1, 0.15) is 11.5 Å². The monoisotopic (exact) mass is 183 g/mol. The van der Waals surface area contributed by atoms with E-state index in [4.69, 9.17) is 9.52 Å². The molecular weight excluding hydrogens is 166 g/mol. The highest BCUT2D eigenvalue weighted by molar-refractivity contribution is 5.10. The van der Waals surface area contributed by atoms with Crippen LogP contribution in [0.15, 0.2) is 16.5 Å². The molecule has 0 fully saturated rings. The molecule has 0 unspecified atom stereocenters. The highest BCUT2D eigenvalue weighted by Gasteiger charge is 2.11. The van der Waals surface area contributed by atoms with Crippen molar-refractivity contribution >= 4 is 0 Å². The van der Waals surface area contributed by atoms with Crippen LogP contribution in [0.1, 0.15) is 30.9 Å². The third-order valence-corrected chi connectivity index (χ3v) is 2.05. The van der Waals surface area contributed by atoms with Gasteiger partial charge < -0.3 is 14.8 Å². The van der Waals surface area contributed by atoms with Gasteiger partial charge in [0.15, 0.2) is 0 Å². The average Bonchev–Trinajstić information content (AvgIpc) is 2.56. The zero-order valence-corrected chi connectivity index (χ0v) is 8.21. The topological polar surface area (TPSA) is 45.4 Å². The number of aryl methyl sites for hydroxylation is 1. The second-order valence-corrected chi connectivity index (χ2v) is 3.08. The fourth-order valence-electron chi connectivity index (χ4n) is 1.29. The van der Waals surface area contributed by atoms with Crippen LogP contribution < -0.4 is 5.32 Å². The largest absolute Gasteiger partial charge is 0.464 e. The van der Waals surface area contributed by atoms with E-state index in [0.29, 0.717) is 0 Å². The fourth-order valence-corrected chi connectivity index (χ4v) is 1.29. The summed E-state index contributed by atoms with van der Waals surface area (Å²) in [5.41, 5.74) is 0. The average molecular weight is 183 g/mol. The van der Waals surface area contributed by atoms with Gasteiger partial charge in [0.25, 0.3) is 0 Å². The number of nitrogens with one attached hydrogen (secondary N) is 1. The van der Waals surface area contributed by atoms with Crippen molar-refractivity contribution in [2.24, 2.45) is 0 Å². The Kier molecular flexibility index (Phi) is 3.99. The van der Waals surface area contributed by atoms with E-state index in [1.54, 1.807) is 0 Å². The Morgan fingerprint density at radius 2 is 2.31 bits per heavy atom. The maximum Gasteiger partial charge on any atom is 0.123 e. The van der Waals surface area contributed by atoms with Gasteiger partial charge in [0, 0.05) is 6.42 Å². The first-order chi connectivity index (χ1) is 6.31. The lowest BCUT2D eigenvalue weighted by Gasteiger charge is -2.08. The second-order valence-electron chi connectivity index (χ2n) is 3.08. The second kappa shape index (κ2) is 5.04. The molecule has 0 amide bonds. The molecule has 0 saturated heterocycles. The summed E-state index contributed by atoms with van der Waals surface area (Å²) >= 11 is 0. The Balaban J connectivity index is 2.66. The zero-order chi connectivity index (χ0) is 9.68. The normalized spacial score (nSPS) is 13.2. The maximum atomic E-state index is 9.00. The van der Waals surface area contributed by atoms with Crippen LogP contribution in [-0.2, 0) is 6.42 Å². The molecule has 0 aromatic carbocycles. The number of aliphatic hydroxyl groups excluding tert-OH is 1. The van der Waals surface area contributed by atoms with Crippen LogP contribution in [0.3, 0.4) is 0 Å².